The van der Waals surface area contributed by atoms with Gasteiger partial charge in [0.25, 0.3) is 10.0 Å². The van der Waals surface area contributed by atoms with Crippen molar-refractivity contribution in [3.05, 3.63) is 41.6 Å². The topological polar surface area (TPSA) is 104 Å². The minimum Gasteiger partial charge on any atom is -0.497 e. The highest BCUT2D eigenvalue weighted by Gasteiger charge is 2.18. The Labute approximate surface area is 148 Å². The standard InChI is InChI=1S/C15H15N3O5S2/c1-21-10-5-6-11(12(8-10)22-2)15-17-13(23-18-15)9-16-25(19,20)14-4-3-7-24-14/h3-8,16H,9H2,1-2H3. The summed E-state index contributed by atoms with van der Waals surface area (Å²) in [6.07, 6.45) is 0. The molecule has 0 radical (unpaired) electrons. The molecule has 0 aliphatic rings. The number of hydrogen-bond donors (Lipinski definition) is 1. The maximum atomic E-state index is 12.1. The first-order chi connectivity index (χ1) is 12.0. The predicted octanol–water partition coefficient (Wildman–Crippen LogP) is 2.29. The Balaban J connectivity index is 1.77. The lowest BCUT2D eigenvalue weighted by molar-refractivity contribution is 0.375. The number of ether oxygens (including phenoxy) is 2. The van der Waals surface area contributed by atoms with Gasteiger partial charge in [-0.3, -0.25) is 0 Å². The average molecular weight is 381 g/mol. The van der Waals surface area contributed by atoms with Gasteiger partial charge < -0.3 is 14.0 Å². The third-order valence-electron chi connectivity index (χ3n) is 3.29. The second kappa shape index (κ2) is 7.21. The summed E-state index contributed by atoms with van der Waals surface area (Å²) in [6, 6.07) is 8.37. The summed E-state index contributed by atoms with van der Waals surface area (Å²) < 4.78 is 42.4. The molecule has 0 saturated carbocycles. The second-order valence-electron chi connectivity index (χ2n) is 4.83. The third kappa shape index (κ3) is 3.81. The van der Waals surface area contributed by atoms with Gasteiger partial charge in [0, 0.05) is 6.07 Å². The number of thiophene rings is 1. The van der Waals surface area contributed by atoms with Crippen molar-refractivity contribution in [3.63, 3.8) is 0 Å². The van der Waals surface area contributed by atoms with Crippen molar-refractivity contribution >= 4 is 21.4 Å². The third-order valence-corrected chi connectivity index (χ3v) is 6.09. The van der Waals surface area contributed by atoms with Gasteiger partial charge in [-0.2, -0.15) is 4.98 Å². The van der Waals surface area contributed by atoms with Gasteiger partial charge in [0.1, 0.15) is 15.7 Å². The van der Waals surface area contributed by atoms with E-state index in [0.29, 0.717) is 22.9 Å². The molecule has 0 aliphatic carbocycles. The molecule has 1 aromatic carbocycles. The van der Waals surface area contributed by atoms with E-state index in [4.69, 9.17) is 14.0 Å². The van der Waals surface area contributed by atoms with Gasteiger partial charge in [-0.1, -0.05) is 11.2 Å². The molecule has 3 rings (SSSR count). The largest absolute Gasteiger partial charge is 0.497 e. The van der Waals surface area contributed by atoms with Gasteiger partial charge in [-0.25, -0.2) is 13.1 Å². The number of rotatable bonds is 7. The van der Waals surface area contributed by atoms with Gasteiger partial charge in [-0.15, -0.1) is 11.3 Å². The van der Waals surface area contributed by atoms with E-state index in [1.807, 2.05) is 0 Å². The van der Waals surface area contributed by atoms with Crippen LogP contribution in [0.2, 0.25) is 0 Å². The van der Waals surface area contributed by atoms with Crippen LogP contribution in [0.25, 0.3) is 11.4 Å². The Bertz CT molecular complexity index is 951. The molecular formula is C15H15N3O5S2. The molecule has 3 aromatic rings. The molecule has 1 N–H and O–H groups in total. The van der Waals surface area contributed by atoms with E-state index in [-0.39, 0.29) is 16.6 Å². The minimum absolute atomic E-state index is 0.105. The van der Waals surface area contributed by atoms with Gasteiger partial charge in [0.05, 0.1) is 26.3 Å². The SMILES string of the molecule is COc1ccc(-c2noc(CNS(=O)(=O)c3cccs3)n2)c(OC)c1. The molecule has 0 unspecified atom stereocenters. The second-order valence-corrected chi connectivity index (χ2v) is 7.78. The zero-order valence-electron chi connectivity index (χ0n) is 13.4. The Morgan fingerprint density at radius 2 is 2.08 bits per heavy atom. The van der Waals surface area contributed by atoms with Crippen molar-refractivity contribution < 1.29 is 22.4 Å². The van der Waals surface area contributed by atoms with Crippen LogP contribution in [0, 0.1) is 0 Å². The Morgan fingerprint density at radius 3 is 2.76 bits per heavy atom. The highest BCUT2D eigenvalue weighted by atomic mass is 32.2. The maximum absolute atomic E-state index is 12.1. The van der Waals surface area contributed by atoms with E-state index in [9.17, 15) is 8.42 Å². The summed E-state index contributed by atoms with van der Waals surface area (Å²) in [5, 5.41) is 5.56. The molecule has 8 nitrogen and oxygen atoms in total. The summed E-state index contributed by atoms with van der Waals surface area (Å²) in [6.45, 7) is -0.105. The van der Waals surface area contributed by atoms with Crippen molar-refractivity contribution in [2.24, 2.45) is 0 Å². The van der Waals surface area contributed by atoms with Crippen LogP contribution >= 0.6 is 11.3 Å². The molecule has 0 fully saturated rings. The van der Waals surface area contributed by atoms with Crippen LogP contribution in [0.15, 0.2) is 44.4 Å². The first kappa shape index (κ1) is 17.4. The Morgan fingerprint density at radius 1 is 1.24 bits per heavy atom. The van der Waals surface area contributed by atoms with E-state index in [0.717, 1.165) is 11.3 Å². The van der Waals surface area contributed by atoms with Gasteiger partial charge in [-0.05, 0) is 23.6 Å². The molecular weight excluding hydrogens is 366 g/mol. The first-order valence-electron chi connectivity index (χ1n) is 7.11. The van der Waals surface area contributed by atoms with Crippen molar-refractivity contribution in [2.45, 2.75) is 10.8 Å². The fourth-order valence-electron chi connectivity index (χ4n) is 2.06. The first-order valence-corrected chi connectivity index (χ1v) is 9.48. The van der Waals surface area contributed by atoms with Crippen molar-refractivity contribution in [1.82, 2.24) is 14.9 Å². The highest BCUT2D eigenvalue weighted by molar-refractivity contribution is 7.91. The molecule has 0 aliphatic heterocycles. The summed E-state index contributed by atoms with van der Waals surface area (Å²) in [5.74, 6) is 1.59. The fourth-order valence-corrected chi connectivity index (χ4v) is 4.08. The van der Waals surface area contributed by atoms with E-state index in [1.165, 1.54) is 13.2 Å². The molecule has 0 atom stereocenters. The van der Waals surface area contributed by atoms with Crippen molar-refractivity contribution in [1.29, 1.82) is 0 Å². The van der Waals surface area contributed by atoms with E-state index in [1.54, 1.807) is 36.8 Å². The number of nitrogens with one attached hydrogen (secondary N) is 1. The van der Waals surface area contributed by atoms with E-state index in [2.05, 4.69) is 14.9 Å². The lowest BCUT2D eigenvalue weighted by atomic mass is 10.2. The van der Waals surface area contributed by atoms with Crippen LogP contribution < -0.4 is 14.2 Å². The Kier molecular flexibility index (Phi) is 5.02. The summed E-state index contributed by atoms with van der Waals surface area (Å²) >= 11 is 1.13. The fraction of sp³-hybridized carbons (Fsp3) is 0.200. The van der Waals surface area contributed by atoms with Crippen LogP contribution in [-0.2, 0) is 16.6 Å². The van der Waals surface area contributed by atoms with Gasteiger partial charge in [0.2, 0.25) is 11.7 Å². The molecule has 132 valence electrons. The van der Waals surface area contributed by atoms with Crippen molar-refractivity contribution in [2.75, 3.05) is 14.2 Å². The lowest BCUT2D eigenvalue weighted by Crippen LogP contribution is -2.22. The lowest BCUT2D eigenvalue weighted by Gasteiger charge is -2.07. The number of hydrogen-bond acceptors (Lipinski definition) is 8. The molecule has 0 amide bonds. The molecule has 0 saturated heterocycles. The zero-order chi connectivity index (χ0) is 17.9. The monoisotopic (exact) mass is 381 g/mol. The van der Waals surface area contributed by atoms with Crippen LogP contribution in [-0.4, -0.2) is 32.8 Å². The van der Waals surface area contributed by atoms with Crippen LogP contribution in [0.5, 0.6) is 11.5 Å². The summed E-state index contributed by atoms with van der Waals surface area (Å²) in [5.41, 5.74) is 0.611. The normalized spacial score (nSPS) is 11.4. The molecule has 2 aromatic heterocycles. The molecule has 25 heavy (non-hydrogen) atoms. The molecule has 10 heteroatoms. The summed E-state index contributed by atoms with van der Waals surface area (Å²) in [4.78, 5) is 4.21. The van der Waals surface area contributed by atoms with Crippen LogP contribution in [0.4, 0.5) is 0 Å². The zero-order valence-corrected chi connectivity index (χ0v) is 15.1. The van der Waals surface area contributed by atoms with Crippen molar-refractivity contribution in [3.8, 4) is 22.9 Å². The number of methoxy groups -OCH3 is 2. The number of nitrogens with zero attached hydrogens (tertiary/aromatic N) is 2. The van der Waals surface area contributed by atoms with Crippen LogP contribution in [0.3, 0.4) is 0 Å². The quantitative estimate of drug-likeness (QED) is 0.669. The molecule has 2 heterocycles. The Hall–Kier alpha value is -2.43. The van der Waals surface area contributed by atoms with E-state index >= 15 is 0 Å². The maximum Gasteiger partial charge on any atom is 0.250 e. The smallest absolute Gasteiger partial charge is 0.250 e. The molecule has 0 spiro atoms. The minimum atomic E-state index is -3.59. The van der Waals surface area contributed by atoms with E-state index < -0.39 is 10.0 Å². The molecule has 0 bridgehead atoms. The predicted molar refractivity (Wildman–Crippen MR) is 91.2 cm³/mol. The van der Waals surface area contributed by atoms with Crippen LogP contribution in [0.1, 0.15) is 5.89 Å². The van der Waals surface area contributed by atoms with Gasteiger partial charge in [0.15, 0.2) is 0 Å². The summed E-state index contributed by atoms with van der Waals surface area (Å²) in [7, 11) is -0.514. The highest BCUT2D eigenvalue weighted by Crippen LogP contribution is 2.31. The number of benzene rings is 1. The number of sulfonamides is 1. The average Bonchev–Trinajstić information content (AvgIpc) is 3.31. The number of aromatic nitrogens is 2. The van der Waals surface area contributed by atoms with Gasteiger partial charge >= 0.3 is 0 Å².